The smallest absolute Gasteiger partial charge is 0.224 e. The minimum Gasteiger partial charge on any atom is -0.326 e. The summed E-state index contributed by atoms with van der Waals surface area (Å²) in [5.74, 6) is -0.306. The van der Waals surface area contributed by atoms with Crippen molar-refractivity contribution in [2.45, 2.75) is 18.2 Å². The number of fused-ring (bicyclic) bond motifs is 1. The van der Waals surface area contributed by atoms with E-state index < -0.39 is 5.38 Å². The Morgan fingerprint density at radius 1 is 1.19 bits per heavy atom. The van der Waals surface area contributed by atoms with Crippen molar-refractivity contribution in [2.24, 2.45) is 0 Å². The Hall–Kier alpha value is -1.39. The Balaban J connectivity index is 1.97. The van der Waals surface area contributed by atoms with Gasteiger partial charge >= 0.3 is 0 Å². The number of nitrogens with one attached hydrogen (secondary N) is 1. The zero-order valence-corrected chi connectivity index (χ0v) is 13.3. The number of anilines is 1. The van der Waals surface area contributed by atoms with Gasteiger partial charge in [0.05, 0.1) is 5.38 Å². The van der Waals surface area contributed by atoms with E-state index in [0.29, 0.717) is 18.4 Å². The van der Waals surface area contributed by atoms with Crippen LogP contribution in [0.2, 0.25) is 0 Å². The van der Waals surface area contributed by atoms with Crippen LogP contribution < -0.4 is 5.32 Å². The molecule has 1 heterocycles. The van der Waals surface area contributed by atoms with E-state index in [2.05, 4.69) is 21.2 Å². The van der Waals surface area contributed by atoms with Gasteiger partial charge in [0.15, 0.2) is 0 Å². The van der Waals surface area contributed by atoms with E-state index >= 15 is 0 Å². The predicted molar refractivity (Wildman–Crippen MR) is 85.2 cm³/mol. The number of hydrogen-bond donors (Lipinski definition) is 1. The van der Waals surface area contributed by atoms with Gasteiger partial charge < -0.3 is 5.32 Å². The van der Waals surface area contributed by atoms with Crippen molar-refractivity contribution in [3.05, 3.63) is 63.4 Å². The second-order valence-corrected chi connectivity index (χ2v) is 6.35. The van der Waals surface area contributed by atoms with Crippen LogP contribution in [0.5, 0.6) is 0 Å². The zero-order chi connectivity index (χ0) is 15.0. The molecular weight excluding hydrogens is 357 g/mol. The van der Waals surface area contributed by atoms with E-state index in [-0.39, 0.29) is 11.7 Å². The first-order valence-corrected chi connectivity index (χ1v) is 7.79. The number of carbonyl (C=O) groups is 1. The van der Waals surface area contributed by atoms with Gasteiger partial charge in [0.1, 0.15) is 5.82 Å². The molecule has 0 spiro atoms. The Labute approximate surface area is 135 Å². The Kier molecular flexibility index (Phi) is 4.00. The fourth-order valence-corrected chi connectivity index (χ4v) is 3.13. The SMILES string of the molecule is O=C1CCc2cc(C(Cl)c3cc(Br)ccc3F)ccc2N1. The summed E-state index contributed by atoms with van der Waals surface area (Å²) in [6, 6.07) is 10.3. The van der Waals surface area contributed by atoms with Crippen molar-refractivity contribution < 1.29 is 9.18 Å². The van der Waals surface area contributed by atoms with Crippen molar-refractivity contribution in [3.8, 4) is 0 Å². The van der Waals surface area contributed by atoms with Crippen molar-refractivity contribution in [3.63, 3.8) is 0 Å². The predicted octanol–water partition coefficient (Wildman–Crippen LogP) is 4.80. The van der Waals surface area contributed by atoms with Crippen LogP contribution in [0.3, 0.4) is 0 Å². The summed E-state index contributed by atoms with van der Waals surface area (Å²) in [4.78, 5) is 11.4. The Morgan fingerprint density at radius 2 is 2.00 bits per heavy atom. The van der Waals surface area contributed by atoms with E-state index in [1.165, 1.54) is 6.07 Å². The normalized spacial score (nSPS) is 15.3. The number of benzene rings is 2. The molecule has 2 nitrogen and oxygen atoms in total. The van der Waals surface area contributed by atoms with Gasteiger partial charge in [-0.15, -0.1) is 11.6 Å². The summed E-state index contributed by atoms with van der Waals surface area (Å²) >= 11 is 9.76. The molecule has 1 unspecified atom stereocenters. The molecule has 2 aromatic carbocycles. The third-order valence-corrected chi connectivity index (χ3v) is 4.53. The van der Waals surface area contributed by atoms with Crippen molar-refractivity contribution in [1.29, 1.82) is 0 Å². The Bertz CT molecular complexity index is 719. The molecule has 5 heteroatoms. The van der Waals surface area contributed by atoms with E-state index in [1.54, 1.807) is 12.1 Å². The van der Waals surface area contributed by atoms with Gasteiger partial charge in [-0.1, -0.05) is 28.1 Å². The van der Waals surface area contributed by atoms with Crippen LogP contribution in [0, 0.1) is 5.82 Å². The lowest BCUT2D eigenvalue weighted by Gasteiger charge is -2.19. The third kappa shape index (κ3) is 2.97. The van der Waals surface area contributed by atoms with Crippen LogP contribution in [-0.4, -0.2) is 5.91 Å². The highest BCUT2D eigenvalue weighted by Gasteiger charge is 2.19. The fraction of sp³-hybridized carbons (Fsp3) is 0.188. The van der Waals surface area contributed by atoms with E-state index in [1.807, 2.05) is 18.2 Å². The maximum atomic E-state index is 13.9. The maximum absolute atomic E-state index is 13.9. The van der Waals surface area contributed by atoms with Gasteiger partial charge in [0.25, 0.3) is 0 Å². The second kappa shape index (κ2) is 5.78. The molecule has 108 valence electrons. The quantitative estimate of drug-likeness (QED) is 0.758. The first-order chi connectivity index (χ1) is 10.0. The van der Waals surface area contributed by atoms with Gasteiger partial charge in [-0.25, -0.2) is 4.39 Å². The molecule has 1 aliphatic heterocycles. The number of alkyl halides is 1. The summed E-state index contributed by atoms with van der Waals surface area (Å²) in [6.45, 7) is 0. The zero-order valence-electron chi connectivity index (χ0n) is 11.0. The fourth-order valence-electron chi connectivity index (χ4n) is 2.45. The molecule has 1 atom stereocenters. The van der Waals surface area contributed by atoms with Crippen molar-refractivity contribution in [2.75, 3.05) is 5.32 Å². The summed E-state index contributed by atoms with van der Waals surface area (Å²) < 4.78 is 14.7. The van der Waals surface area contributed by atoms with Crippen LogP contribution in [0.15, 0.2) is 40.9 Å². The number of aryl methyl sites for hydroxylation is 1. The molecule has 0 saturated carbocycles. The van der Waals surface area contributed by atoms with E-state index in [9.17, 15) is 9.18 Å². The largest absolute Gasteiger partial charge is 0.326 e. The molecule has 3 rings (SSSR count). The lowest BCUT2D eigenvalue weighted by Crippen LogP contribution is -2.19. The average molecular weight is 369 g/mol. The number of hydrogen-bond acceptors (Lipinski definition) is 1. The van der Waals surface area contributed by atoms with E-state index in [0.717, 1.165) is 21.3 Å². The monoisotopic (exact) mass is 367 g/mol. The molecule has 0 saturated heterocycles. The van der Waals surface area contributed by atoms with Gasteiger partial charge in [0.2, 0.25) is 5.91 Å². The molecule has 0 radical (unpaired) electrons. The average Bonchev–Trinajstić information content (AvgIpc) is 2.48. The lowest BCUT2D eigenvalue weighted by molar-refractivity contribution is -0.116. The van der Waals surface area contributed by atoms with Gasteiger partial charge in [-0.05, 0) is 41.8 Å². The van der Waals surface area contributed by atoms with Crippen molar-refractivity contribution in [1.82, 2.24) is 0 Å². The summed E-state index contributed by atoms with van der Waals surface area (Å²) in [7, 11) is 0. The molecule has 0 fully saturated rings. The third-order valence-electron chi connectivity index (χ3n) is 3.55. The first kappa shape index (κ1) is 14.5. The number of amides is 1. The van der Waals surface area contributed by atoms with Crippen LogP contribution in [0.4, 0.5) is 10.1 Å². The summed E-state index contributed by atoms with van der Waals surface area (Å²) in [5, 5.41) is 2.26. The molecule has 1 N–H and O–H groups in total. The molecule has 21 heavy (non-hydrogen) atoms. The number of halogens is 3. The van der Waals surface area contributed by atoms with Crippen LogP contribution >= 0.6 is 27.5 Å². The van der Waals surface area contributed by atoms with Gasteiger partial charge in [-0.2, -0.15) is 0 Å². The standard InChI is InChI=1S/C16H12BrClFNO/c17-11-3-4-13(19)12(8-11)16(18)10-1-5-14-9(7-10)2-6-15(21)20-14/h1,3-5,7-8,16H,2,6H2,(H,20,21). The molecule has 2 aromatic rings. The first-order valence-electron chi connectivity index (χ1n) is 6.56. The van der Waals surface area contributed by atoms with Crippen LogP contribution in [0.1, 0.15) is 28.5 Å². The molecule has 0 aromatic heterocycles. The lowest BCUT2D eigenvalue weighted by atomic mass is 9.96. The topological polar surface area (TPSA) is 29.1 Å². The van der Waals surface area contributed by atoms with Crippen LogP contribution in [-0.2, 0) is 11.2 Å². The molecule has 0 aliphatic carbocycles. The second-order valence-electron chi connectivity index (χ2n) is 4.99. The van der Waals surface area contributed by atoms with Gasteiger partial charge in [-0.3, -0.25) is 4.79 Å². The summed E-state index contributed by atoms with van der Waals surface area (Å²) in [6.07, 6.45) is 1.15. The molecule has 1 amide bonds. The number of carbonyl (C=O) groups excluding carboxylic acids is 1. The minimum atomic E-state index is -0.564. The molecule has 1 aliphatic rings. The molecule has 0 bridgehead atoms. The molecular formula is C16H12BrClFNO. The summed E-state index contributed by atoms with van der Waals surface area (Å²) in [5.41, 5.74) is 3.11. The maximum Gasteiger partial charge on any atom is 0.224 e. The highest BCUT2D eigenvalue weighted by Crippen LogP contribution is 2.35. The van der Waals surface area contributed by atoms with Crippen molar-refractivity contribution >= 4 is 39.1 Å². The number of rotatable bonds is 2. The van der Waals surface area contributed by atoms with Crippen LogP contribution in [0.25, 0.3) is 0 Å². The highest BCUT2D eigenvalue weighted by molar-refractivity contribution is 9.10. The van der Waals surface area contributed by atoms with Gasteiger partial charge in [0, 0.05) is 22.1 Å². The highest BCUT2D eigenvalue weighted by atomic mass is 79.9. The minimum absolute atomic E-state index is 0.0238. The van der Waals surface area contributed by atoms with E-state index in [4.69, 9.17) is 11.6 Å². The Morgan fingerprint density at radius 3 is 2.81 bits per heavy atom.